The second-order valence-corrected chi connectivity index (χ2v) is 11.8. The molecule has 36 heavy (non-hydrogen) atoms. The van der Waals surface area contributed by atoms with Crippen molar-refractivity contribution in [3.8, 4) is 0 Å². The Morgan fingerprint density at radius 1 is 0.444 bits per heavy atom. The highest BCUT2D eigenvalue weighted by Crippen LogP contribution is 2.42. The molecule has 6 saturated heterocycles. The van der Waals surface area contributed by atoms with Gasteiger partial charge < -0.3 is 57.6 Å². The Hall–Kier alpha value is -0.480. The molecule has 6 aliphatic rings. The molecular formula is C24H40O12. The van der Waals surface area contributed by atoms with Crippen LogP contribution >= 0.6 is 0 Å². The third-order valence-electron chi connectivity index (χ3n) is 6.93. The van der Waals surface area contributed by atoms with E-state index in [-0.39, 0.29) is 36.6 Å². The lowest BCUT2D eigenvalue weighted by Gasteiger charge is -2.47. The zero-order valence-corrected chi connectivity index (χ0v) is 22.2. The zero-order chi connectivity index (χ0) is 26.3. The van der Waals surface area contributed by atoms with Gasteiger partial charge in [-0.05, 0) is 55.4 Å². The van der Waals surface area contributed by atoms with E-state index in [9.17, 15) is 10.2 Å². The number of fused-ring (bicyclic) bond motifs is 6. The van der Waals surface area contributed by atoms with Gasteiger partial charge in [0.1, 0.15) is 48.8 Å². The molecule has 0 unspecified atom stereocenters. The molecule has 208 valence electrons. The topological polar surface area (TPSA) is 133 Å². The van der Waals surface area contributed by atoms with Gasteiger partial charge >= 0.3 is 0 Å². The lowest BCUT2D eigenvalue weighted by Crippen LogP contribution is -2.63. The van der Waals surface area contributed by atoms with Crippen LogP contribution in [0.15, 0.2) is 0 Å². The Bertz CT molecular complexity index is 749. The van der Waals surface area contributed by atoms with E-state index in [4.69, 9.17) is 47.4 Å². The van der Waals surface area contributed by atoms with Crippen molar-refractivity contribution in [1.82, 2.24) is 0 Å². The van der Waals surface area contributed by atoms with Crippen LogP contribution in [0.1, 0.15) is 55.4 Å². The zero-order valence-electron chi connectivity index (χ0n) is 22.2. The van der Waals surface area contributed by atoms with Gasteiger partial charge in [-0.2, -0.15) is 0 Å². The standard InChI is InChI=1S/2C12H20O6/c2*1-11(2)14-5-6-7(16-11)8-9(10(13)15-6)18-12(3,4)17-8/h2*6-10,13H,5H2,1-4H3/t2*6-,7-,8+,9+,10+/m11/s1. The molecule has 0 aromatic heterocycles. The van der Waals surface area contributed by atoms with Gasteiger partial charge in [0.2, 0.25) is 0 Å². The lowest BCUT2D eigenvalue weighted by atomic mass is 9.98. The van der Waals surface area contributed by atoms with Gasteiger partial charge in [-0.1, -0.05) is 0 Å². The fourth-order valence-corrected chi connectivity index (χ4v) is 5.52. The normalized spacial score (nSPS) is 49.5. The van der Waals surface area contributed by atoms with Gasteiger partial charge in [0.15, 0.2) is 35.7 Å². The molecule has 0 aromatic carbocycles. The monoisotopic (exact) mass is 520 g/mol. The van der Waals surface area contributed by atoms with Crippen LogP contribution in [0.4, 0.5) is 0 Å². The van der Waals surface area contributed by atoms with E-state index >= 15 is 0 Å². The third-order valence-corrected chi connectivity index (χ3v) is 6.93. The van der Waals surface area contributed by atoms with E-state index < -0.39 is 47.9 Å². The van der Waals surface area contributed by atoms with Crippen molar-refractivity contribution < 1.29 is 57.6 Å². The van der Waals surface area contributed by atoms with Gasteiger partial charge in [-0.3, -0.25) is 0 Å². The van der Waals surface area contributed by atoms with Crippen LogP contribution in [0.25, 0.3) is 0 Å². The highest BCUT2D eigenvalue weighted by Gasteiger charge is 2.59. The molecule has 0 radical (unpaired) electrons. The van der Waals surface area contributed by atoms with Crippen molar-refractivity contribution >= 4 is 0 Å². The van der Waals surface area contributed by atoms with E-state index in [1.807, 2.05) is 55.4 Å². The quantitative estimate of drug-likeness (QED) is 0.467. The Morgan fingerprint density at radius 2 is 0.750 bits per heavy atom. The molecule has 0 spiro atoms. The number of aliphatic hydroxyl groups excluding tert-OH is 2. The minimum absolute atomic E-state index is 0.288. The van der Waals surface area contributed by atoms with Crippen molar-refractivity contribution in [2.24, 2.45) is 0 Å². The fourth-order valence-electron chi connectivity index (χ4n) is 5.52. The van der Waals surface area contributed by atoms with Crippen molar-refractivity contribution in [3.05, 3.63) is 0 Å². The van der Waals surface area contributed by atoms with Gasteiger partial charge in [0, 0.05) is 0 Å². The smallest absolute Gasteiger partial charge is 0.184 e. The summed E-state index contributed by atoms with van der Waals surface area (Å²) in [6.07, 6.45) is -4.96. The van der Waals surface area contributed by atoms with Crippen LogP contribution in [0.3, 0.4) is 0 Å². The summed E-state index contributed by atoms with van der Waals surface area (Å²) in [5.74, 6) is -2.82. The molecule has 6 fully saturated rings. The van der Waals surface area contributed by atoms with Crippen molar-refractivity contribution in [1.29, 1.82) is 0 Å². The molecule has 12 nitrogen and oxygen atoms in total. The minimum Gasteiger partial charge on any atom is -0.366 e. The first-order valence-corrected chi connectivity index (χ1v) is 12.6. The minimum atomic E-state index is -1.01. The van der Waals surface area contributed by atoms with Gasteiger partial charge in [0.25, 0.3) is 0 Å². The average molecular weight is 521 g/mol. The Balaban J connectivity index is 0.000000148. The summed E-state index contributed by atoms with van der Waals surface area (Å²) in [5.41, 5.74) is 0. The summed E-state index contributed by atoms with van der Waals surface area (Å²) >= 11 is 0. The maximum Gasteiger partial charge on any atom is 0.184 e. The Kier molecular flexibility index (Phi) is 6.80. The van der Waals surface area contributed by atoms with E-state index in [0.29, 0.717) is 13.2 Å². The average Bonchev–Trinajstić information content (AvgIpc) is 3.26. The van der Waals surface area contributed by atoms with Crippen LogP contribution in [0, 0.1) is 0 Å². The van der Waals surface area contributed by atoms with E-state index in [1.165, 1.54) is 0 Å². The number of aliphatic hydroxyl groups is 2. The molecule has 6 heterocycles. The van der Waals surface area contributed by atoms with Gasteiger partial charge in [0.05, 0.1) is 13.2 Å². The second-order valence-electron chi connectivity index (χ2n) is 11.8. The lowest BCUT2D eigenvalue weighted by molar-refractivity contribution is -0.365. The highest BCUT2D eigenvalue weighted by atomic mass is 16.8. The molecule has 0 saturated carbocycles. The first-order chi connectivity index (χ1) is 16.5. The molecule has 6 rings (SSSR count). The number of hydrogen-bond donors (Lipinski definition) is 2. The maximum atomic E-state index is 9.94. The predicted octanol–water partition coefficient (Wildman–Crippen LogP) is 0.750. The molecule has 12 heteroatoms. The third kappa shape index (κ3) is 5.33. The van der Waals surface area contributed by atoms with Crippen molar-refractivity contribution in [2.45, 2.75) is 140 Å². The van der Waals surface area contributed by atoms with Crippen LogP contribution < -0.4 is 0 Å². The predicted molar refractivity (Wildman–Crippen MR) is 119 cm³/mol. The Morgan fingerprint density at radius 3 is 1.11 bits per heavy atom. The summed E-state index contributed by atoms with van der Waals surface area (Å²) < 4.78 is 56.8. The van der Waals surface area contributed by atoms with E-state index in [2.05, 4.69) is 0 Å². The van der Waals surface area contributed by atoms with Gasteiger partial charge in [-0.25, -0.2) is 0 Å². The van der Waals surface area contributed by atoms with Crippen LogP contribution in [-0.4, -0.2) is 108 Å². The van der Waals surface area contributed by atoms with Crippen LogP contribution in [0.5, 0.6) is 0 Å². The summed E-state index contributed by atoms with van der Waals surface area (Å²) in [6.45, 7) is 15.4. The summed E-state index contributed by atoms with van der Waals surface area (Å²) in [5, 5.41) is 19.9. The van der Waals surface area contributed by atoms with Crippen molar-refractivity contribution in [3.63, 3.8) is 0 Å². The molecule has 0 aliphatic carbocycles. The first kappa shape index (κ1) is 27.1. The molecule has 0 amide bonds. The highest BCUT2D eigenvalue weighted by molar-refractivity contribution is 4.99. The van der Waals surface area contributed by atoms with Crippen molar-refractivity contribution in [2.75, 3.05) is 13.2 Å². The second kappa shape index (κ2) is 9.04. The number of ether oxygens (including phenoxy) is 10. The molecule has 0 aromatic rings. The van der Waals surface area contributed by atoms with Gasteiger partial charge in [-0.15, -0.1) is 0 Å². The molecule has 6 aliphatic heterocycles. The summed E-state index contributed by atoms with van der Waals surface area (Å²) in [6, 6.07) is 0. The first-order valence-electron chi connectivity index (χ1n) is 12.6. The van der Waals surface area contributed by atoms with E-state index in [0.717, 1.165) is 0 Å². The fraction of sp³-hybridized carbons (Fsp3) is 1.00. The number of rotatable bonds is 0. The number of hydrogen-bond acceptors (Lipinski definition) is 12. The summed E-state index contributed by atoms with van der Waals surface area (Å²) in [4.78, 5) is 0. The largest absolute Gasteiger partial charge is 0.366 e. The maximum absolute atomic E-state index is 9.94. The van der Waals surface area contributed by atoms with Crippen LogP contribution in [0.2, 0.25) is 0 Å². The molecule has 10 atom stereocenters. The molecular weight excluding hydrogens is 480 g/mol. The van der Waals surface area contributed by atoms with E-state index in [1.54, 1.807) is 0 Å². The van der Waals surface area contributed by atoms with Crippen LogP contribution in [-0.2, 0) is 47.4 Å². The Labute approximate surface area is 211 Å². The summed E-state index contributed by atoms with van der Waals surface area (Å²) in [7, 11) is 0. The SMILES string of the molecule is CC1(C)O[C@@H]2[C@H](O1)[C@@H](O)O[C@@H]1COC(C)(C)O[C@@H]21.CC1(C)O[C@@H]2[C@H](O1)[C@@H](O)O[C@@H]1COC(C)(C)O[C@@H]21. The molecule has 0 bridgehead atoms. The molecule has 2 N–H and O–H groups in total.